The number of aliphatic hydroxyl groups is 1. The summed E-state index contributed by atoms with van der Waals surface area (Å²) in [6, 6.07) is 8.19. The van der Waals surface area contributed by atoms with Crippen molar-refractivity contribution in [1.29, 1.82) is 0 Å². The maximum atomic E-state index is 9.15. The number of aliphatic hydroxyl groups excluding tert-OH is 1. The topological polar surface area (TPSA) is 49.1 Å². The second-order valence-corrected chi connectivity index (χ2v) is 4.62. The first kappa shape index (κ1) is 12.0. The van der Waals surface area contributed by atoms with Crippen LogP contribution in [-0.4, -0.2) is 23.8 Å². The van der Waals surface area contributed by atoms with Gasteiger partial charge in [-0.2, -0.15) is 4.57 Å². The van der Waals surface area contributed by atoms with Gasteiger partial charge in [0, 0.05) is 17.8 Å². The normalized spacial score (nSPS) is 11.3. The first-order chi connectivity index (χ1) is 9.26. The number of hydrogen-bond donors (Lipinski definition) is 2. The molecule has 0 aliphatic carbocycles. The lowest BCUT2D eigenvalue weighted by atomic mass is 10.1. The molecule has 2 N–H and O–H groups in total. The number of benzene rings is 1. The number of fused-ring (bicyclic) bond motifs is 3. The molecule has 0 saturated heterocycles. The Balaban J connectivity index is 2.44. The van der Waals surface area contributed by atoms with Gasteiger partial charge in [-0.25, -0.2) is 0 Å². The highest BCUT2D eigenvalue weighted by Crippen LogP contribution is 2.32. The highest BCUT2D eigenvalue weighted by Gasteiger charge is 2.19. The van der Waals surface area contributed by atoms with E-state index in [4.69, 9.17) is 9.84 Å². The maximum absolute atomic E-state index is 9.15. The number of ether oxygens (including phenoxy) is 1. The summed E-state index contributed by atoms with van der Waals surface area (Å²) >= 11 is 0. The quantitative estimate of drug-likeness (QED) is 0.704. The lowest BCUT2D eigenvalue weighted by Crippen LogP contribution is -2.38. The van der Waals surface area contributed by atoms with Crippen molar-refractivity contribution in [1.82, 2.24) is 4.98 Å². The Hall–Kier alpha value is -2.07. The second kappa shape index (κ2) is 4.55. The van der Waals surface area contributed by atoms with Crippen LogP contribution in [0.1, 0.15) is 5.69 Å². The third-order valence-corrected chi connectivity index (χ3v) is 3.58. The van der Waals surface area contributed by atoms with Crippen molar-refractivity contribution in [2.75, 3.05) is 13.7 Å². The number of methoxy groups -OCH3 is 1. The van der Waals surface area contributed by atoms with E-state index >= 15 is 0 Å². The van der Waals surface area contributed by atoms with Gasteiger partial charge in [0.25, 0.3) is 0 Å². The number of nitrogens with zero attached hydrogens (tertiary/aromatic N) is 1. The predicted octanol–water partition coefficient (Wildman–Crippen LogP) is 1.92. The van der Waals surface area contributed by atoms with Crippen molar-refractivity contribution < 1.29 is 14.4 Å². The molecule has 0 spiro atoms. The zero-order chi connectivity index (χ0) is 13.4. The van der Waals surface area contributed by atoms with Crippen molar-refractivity contribution in [3.05, 3.63) is 36.2 Å². The Morgan fingerprint density at radius 2 is 2.11 bits per heavy atom. The first-order valence-electron chi connectivity index (χ1n) is 6.34. The number of aromatic nitrogens is 2. The lowest BCUT2D eigenvalue weighted by molar-refractivity contribution is -0.702. The standard InChI is InChI=1S/C15H16N2O2/c1-10-15-14(11-5-3-4-6-12(11)16-15)13(19-2)9-17(10)7-8-18/h3-6,9,18H,7-8H2,1-2H3/p+1. The molecule has 2 heterocycles. The van der Waals surface area contributed by atoms with Crippen LogP contribution < -0.4 is 9.30 Å². The molecule has 0 radical (unpaired) electrons. The molecule has 1 aromatic carbocycles. The Morgan fingerprint density at radius 1 is 1.32 bits per heavy atom. The highest BCUT2D eigenvalue weighted by atomic mass is 16.5. The molecular weight excluding hydrogens is 240 g/mol. The molecule has 3 rings (SSSR count). The van der Waals surface area contributed by atoms with E-state index in [1.165, 1.54) is 0 Å². The van der Waals surface area contributed by atoms with Gasteiger partial charge < -0.3 is 14.8 Å². The van der Waals surface area contributed by atoms with Crippen molar-refractivity contribution in [3.63, 3.8) is 0 Å². The lowest BCUT2D eigenvalue weighted by Gasteiger charge is -2.05. The van der Waals surface area contributed by atoms with Gasteiger partial charge in [0.15, 0.2) is 12.3 Å². The summed E-state index contributed by atoms with van der Waals surface area (Å²) in [5, 5.41) is 11.4. The van der Waals surface area contributed by atoms with Gasteiger partial charge in [-0.1, -0.05) is 18.2 Å². The van der Waals surface area contributed by atoms with Gasteiger partial charge in [0.05, 0.1) is 12.5 Å². The van der Waals surface area contributed by atoms with E-state index in [-0.39, 0.29) is 6.61 Å². The molecule has 0 fully saturated rings. The average Bonchev–Trinajstić information content (AvgIpc) is 2.82. The average molecular weight is 257 g/mol. The Kier molecular flexibility index (Phi) is 2.87. The van der Waals surface area contributed by atoms with Crippen molar-refractivity contribution in [3.8, 4) is 5.75 Å². The summed E-state index contributed by atoms with van der Waals surface area (Å²) in [6.45, 7) is 2.72. The molecule has 4 nitrogen and oxygen atoms in total. The fourth-order valence-electron chi connectivity index (χ4n) is 2.61. The molecular formula is C15H17N2O2+. The largest absolute Gasteiger partial charge is 0.490 e. The number of rotatable bonds is 3. The molecule has 0 aliphatic heterocycles. The fraction of sp³-hybridized carbons (Fsp3) is 0.267. The van der Waals surface area contributed by atoms with Crippen molar-refractivity contribution >= 4 is 21.8 Å². The molecule has 0 amide bonds. The summed E-state index contributed by atoms with van der Waals surface area (Å²) in [4.78, 5) is 3.44. The molecule has 0 bridgehead atoms. The monoisotopic (exact) mass is 257 g/mol. The number of pyridine rings is 1. The van der Waals surface area contributed by atoms with Gasteiger partial charge >= 0.3 is 0 Å². The summed E-state index contributed by atoms with van der Waals surface area (Å²) in [5.74, 6) is 0.825. The fourth-order valence-corrected chi connectivity index (χ4v) is 2.61. The summed E-state index contributed by atoms with van der Waals surface area (Å²) < 4.78 is 7.52. The van der Waals surface area contributed by atoms with Crippen LogP contribution in [0.15, 0.2) is 30.5 Å². The highest BCUT2D eigenvalue weighted by molar-refractivity contribution is 6.10. The van der Waals surface area contributed by atoms with E-state index in [1.807, 2.05) is 29.8 Å². The van der Waals surface area contributed by atoms with Crippen LogP contribution in [0.3, 0.4) is 0 Å². The molecule has 0 unspecified atom stereocenters. The van der Waals surface area contributed by atoms with Crippen LogP contribution in [0.2, 0.25) is 0 Å². The Morgan fingerprint density at radius 3 is 2.84 bits per heavy atom. The second-order valence-electron chi connectivity index (χ2n) is 4.62. The summed E-state index contributed by atoms with van der Waals surface area (Å²) in [6.07, 6.45) is 1.95. The van der Waals surface area contributed by atoms with E-state index in [2.05, 4.69) is 17.1 Å². The maximum Gasteiger partial charge on any atom is 0.212 e. The minimum atomic E-state index is 0.112. The van der Waals surface area contributed by atoms with Crippen LogP contribution in [0, 0.1) is 6.92 Å². The van der Waals surface area contributed by atoms with Crippen LogP contribution in [-0.2, 0) is 6.54 Å². The SMILES string of the molecule is COc1c[n+](CCO)c(C)c2[nH]c3ccccc3c12. The molecule has 0 atom stereocenters. The number of nitrogens with one attached hydrogen (secondary N) is 1. The van der Waals surface area contributed by atoms with E-state index in [1.54, 1.807) is 7.11 Å². The van der Waals surface area contributed by atoms with Crippen LogP contribution >= 0.6 is 0 Å². The Labute approximate surface area is 111 Å². The summed E-state index contributed by atoms with van der Waals surface area (Å²) in [5.41, 5.74) is 3.26. The van der Waals surface area contributed by atoms with E-state index < -0.39 is 0 Å². The zero-order valence-electron chi connectivity index (χ0n) is 11.1. The molecule has 3 aromatic rings. The van der Waals surface area contributed by atoms with Crippen LogP contribution in [0.5, 0.6) is 5.75 Å². The number of H-pyrrole nitrogens is 1. The number of aryl methyl sites for hydroxylation is 1. The van der Waals surface area contributed by atoms with E-state index in [0.717, 1.165) is 33.2 Å². The van der Waals surface area contributed by atoms with E-state index in [9.17, 15) is 0 Å². The van der Waals surface area contributed by atoms with Gasteiger partial charge in [-0.05, 0) is 6.07 Å². The van der Waals surface area contributed by atoms with Crippen LogP contribution in [0.25, 0.3) is 21.8 Å². The number of hydrogen-bond acceptors (Lipinski definition) is 2. The predicted molar refractivity (Wildman–Crippen MR) is 74.4 cm³/mol. The molecule has 98 valence electrons. The molecule has 0 saturated carbocycles. The zero-order valence-corrected chi connectivity index (χ0v) is 11.1. The first-order valence-corrected chi connectivity index (χ1v) is 6.34. The summed E-state index contributed by atoms with van der Waals surface area (Å²) in [7, 11) is 1.68. The molecule has 0 aliphatic rings. The molecule has 19 heavy (non-hydrogen) atoms. The molecule has 4 heteroatoms. The van der Waals surface area contributed by atoms with Crippen LogP contribution in [0.4, 0.5) is 0 Å². The molecule has 2 aromatic heterocycles. The third-order valence-electron chi connectivity index (χ3n) is 3.58. The van der Waals surface area contributed by atoms with Crippen molar-refractivity contribution in [2.24, 2.45) is 0 Å². The van der Waals surface area contributed by atoms with Gasteiger partial charge in [0.1, 0.15) is 12.1 Å². The minimum Gasteiger partial charge on any atom is -0.490 e. The smallest absolute Gasteiger partial charge is 0.212 e. The number of para-hydroxylation sites is 1. The van der Waals surface area contributed by atoms with Gasteiger partial charge in [0.2, 0.25) is 11.9 Å². The van der Waals surface area contributed by atoms with Gasteiger partial charge in [-0.15, -0.1) is 0 Å². The van der Waals surface area contributed by atoms with Crippen molar-refractivity contribution in [2.45, 2.75) is 13.5 Å². The Bertz CT molecular complexity index is 747. The third kappa shape index (κ3) is 1.76. The minimum absolute atomic E-state index is 0.112. The number of aromatic amines is 1. The van der Waals surface area contributed by atoms with Gasteiger partial charge in [-0.3, -0.25) is 0 Å². The van der Waals surface area contributed by atoms with E-state index in [0.29, 0.717) is 6.54 Å².